The van der Waals surface area contributed by atoms with Gasteiger partial charge in [0.1, 0.15) is 17.6 Å². The van der Waals surface area contributed by atoms with Crippen LogP contribution in [0.4, 0.5) is 0 Å². The Labute approximate surface area is 204 Å². The molecule has 184 valence electrons. The van der Waals surface area contributed by atoms with Crippen LogP contribution in [0, 0.1) is 0 Å². The van der Waals surface area contributed by atoms with E-state index in [2.05, 4.69) is 0 Å². The number of Topliss-reactive ketones (excluding diaryl/α,β-unsaturated/α-hetero) is 1. The van der Waals surface area contributed by atoms with Gasteiger partial charge in [0.2, 0.25) is 0 Å². The number of amides is 1. The Hall–Kier alpha value is -3.52. The predicted octanol–water partition coefficient (Wildman–Crippen LogP) is 3.63. The monoisotopic (exact) mass is 479 g/mol. The molecule has 2 aromatic rings. The Morgan fingerprint density at radius 2 is 1.91 bits per heavy atom. The van der Waals surface area contributed by atoms with Gasteiger partial charge in [0, 0.05) is 25.1 Å². The summed E-state index contributed by atoms with van der Waals surface area (Å²) in [5.41, 5.74) is 2.12. The SMILES string of the molecule is COc1ccc(C2C(=C(O)c3ccc4c(c3)CC(C)O4)C(=O)C(=O)N2CC2CCCO2)cc1OC. The lowest BCUT2D eigenvalue weighted by molar-refractivity contribution is -0.140. The molecule has 3 atom stereocenters. The summed E-state index contributed by atoms with van der Waals surface area (Å²) in [6, 6.07) is 9.80. The van der Waals surface area contributed by atoms with E-state index in [-0.39, 0.29) is 30.1 Å². The van der Waals surface area contributed by atoms with Gasteiger partial charge in [-0.25, -0.2) is 0 Å². The zero-order valence-corrected chi connectivity index (χ0v) is 20.1. The van der Waals surface area contributed by atoms with Crippen LogP contribution in [0.1, 0.15) is 42.5 Å². The van der Waals surface area contributed by atoms with E-state index < -0.39 is 17.7 Å². The van der Waals surface area contributed by atoms with E-state index in [0.717, 1.165) is 24.2 Å². The van der Waals surface area contributed by atoms with Crippen LogP contribution in [-0.4, -0.2) is 61.3 Å². The fourth-order valence-electron chi connectivity index (χ4n) is 5.17. The van der Waals surface area contributed by atoms with Crippen molar-refractivity contribution < 1.29 is 33.6 Å². The van der Waals surface area contributed by atoms with Crippen LogP contribution in [-0.2, 0) is 20.7 Å². The second-order valence-electron chi connectivity index (χ2n) is 9.16. The van der Waals surface area contributed by atoms with Crippen molar-refractivity contribution in [1.82, 2.24) is 4.90 Å². The van der Waals surface area contributed by atoms with Crippen LogP contribution in [0.3, 0.4) is 0 Å². The molecule has 0 spiro atoms. The van der Waals surface area contributed by atoms with E-state index in [1.54, 1.807) is 37.4 Å². The predicted molar refractivity (Wildman–Crippen MR) is 128 cm³/mol. The number of aliphatic hydroxyl groups excluding tert-OH is 1. The van der Waals surface area contributed by atoms with E-state index in [0.29, 0.717) is 35.7 Å². The molecule has 3 aliphatic heterocycles. The molecule has 2 saturated heterocycles. The number of nitrogens with zero attached hydrogens (tertiary/aromatic N) is 1. The topological polar surface area (TPSA) is 94.5 Å². The van der Waals surface area contributed by atoms with Gasteiger partial charge in [-0.2, -0.15) is 0 Å². The van der Waals surface area contributed by atoms with E-state index in [9.17, 15) is 14.7 Å². The van der Waals surface area contributed by atoms with Crippen molar-refractivity contribution in [2.45, 2.75) is 44.4 Å². The molecular formula is C27H29NO7. The summed E-state index contributed by atoms with van der Waals surface area (Å²) in [6.45, 7) is 2.87. The van der Waals surface area contributed by atoms with E-state index in [4.69, 9.17) is 18.9 Å². The van der Waals surface area contributed by atoms with Crippen LogP contribution < -0.4 is 14.2 Å². The first-order valence-electron chi connectivity index (χ1n) is 11.8. The summed E-state index contributed by atoms with van der Waals surface area (Å²) >= 11 is 0. The number of hydrogen-bond acceptors (Lipinski definition) is 7. The van der Waals surface area contributed by atoms with Gasteiger partial charge in [0.05, 0.1) is 31.9 Å². The number of rotatable bonds is 6. The lowest BCUT2D eigenvalue weighted by atomic mass is 9.94. The molecule has 0 aliphatic carbocycles. The number of carbonyl (C=O) groups is 2. The van der Waals surface area contributed by atoms with Gasteiger partial charge in [-0.05, 0) is 61.2 Å². The van der Waals surface area contributed by atoms with Crippen molar-refractivity contribution in [2.24, 2.45) is 0 Å². The number of carbonyl (C=O) groups excluding carboxylic acids is 2. The third-order valence-electron chi connectivity index (χ3n) is 6.86. The molecule has 2 aromatic carbocycles. The third kappa shape index (κ3) is 4.12. The van der Waals surface area contributed by atoms with Gasteiger partial charge in [-0.3, -0.25) is 9.59 Å². The molecule has 5 rings (SSSR count). The van der Waals surface area contributed by atoms with Crippen LogP contribution >= 0.6 is 0 Å². The number of likely N-dealkylation sites (tertiary alicyclic amines) is 1. The van der Waals surface area contributed by atoms with Crippen LogP contribution in [0.5, 0.6) is 17.2 Å². The highest BCUT2D eigenvalue weighted by Gasteiger charge is 2.47. The van der Waals surface area contributed by atoms with Crippen molar-refractivity contribution in [3.8, 4) is 17.2 Å². The molecule has 3 unspecified atom stereocenters. The Bertz CT molecular complexity index is 1200. The van der Waals surface area contributed by atoms with Gasteiger partial charge in [-0.1, -0.05) is 6.07 Å². The fourth-order valence-corrected chi connectivity index (χ4v) is 5.17. The Balaban J connectivity index is 1.62. The molecule has 0 bridgehead atoms. The van der Waals surface area contributed by atoms with Crippen LogP contribution in [0.2, 0.25) is 0 Å². The van der Waals surface area contributed by atoms with Crippen molar-refractivity contribution in [3.05, 3.63) is 58.7 Å². The summed E-state index contributed by atoms with van der Waals surface area (Å²) in [5.74, 6) is 0.187. The quantitative estimate of drug-likeness (QED) is 0.384. The molecule has 1 amide bonds. The van der Waals surface area contributed by atoms with Crippen LogP contribution in [0.15, 0.2) is 42.0 Å². The number of fused-ring (bicyclic) bond motifs is 1. The lowest BCUT2D eigenvalue weighted by Gasteiger charge is -2.28. The molecule has 3 heterocycles. The van der Waals surface area contributed by atoms with Gasteiger partial charge in [0.25, 0.3) is 11.7 Å². The first kappa shape index (κ1) is 23.2. The van der Waals surface area contributed by atoms with Crippen molar-refractivity contribution in [3.63, 3.8) is 0 Å². The Morgan fingerprint density at radius 1 is 1.11 bits per heavy atom. The molecule has 0 saturated carbocycles. The van der Waals surface area contributed by atoms with E-state index >= 15 is 0 Å². The Morgan fingerprint density at radius 3 is 2.63 bits per heavy atom. The van der Waals surface area contributed by atoms with Crippen molar-refractivity contribution >= 4 is 17.4 Å². The van der Waals surface area contributed by atoms with E-state index in [1.807, 2.05) is 13.0 Å². The zero-order chi connectivity index (χ0) is 24.7. The maximum Gasteiger partial charge on any atom is 0.295 e. The standard InChI is InChI=1S/C27H29NO7/c1-15-11-18-12-17(7-8-20(18)35-15)25(29)23-24(16-6-9-21(32-2)22(13-16)33-3)28(27(31)26(23)30)14-19-5-4-10-34-19/h6-9,12-13,15,19,24,29H,4-5,10-11,14H2,1-3H3. The number of methoxy groups -OCH3 is 2. The third-order valence-corrected chi connectivity index (χ3v) is 6.86. The molecule has 2 fully saturated rings. The smallest absolute Gasteiger partial charge is 0.295 e. The number of hydrogen-bond donors (Lipinski definition) is 1. The molecule has 0 aromatic heterocycles. The lowest BCUT2D eigenvalue weighted by Crippen LogP contribution is -2.36. The highest BCUT2D eigenvalue weighted by Crippen LogP contribution is 2.43. The summed E-state index contributed by atoms with van der Waals surface area (Å²) in [6.07, 6.45) is 2.32. The molecule has 8 heteroatoms. The normalized spacial score (nSPS) is 25.0. The molecule has 0 radical (unpaired) electrons. The highest BCUT2D eigenvalue weighted by atomic mass is 16.5. The summed E-state index contributed by atoms with van der Waals surface area (Å²) in [7, 11) is 3.07. The van der Waals surface area contributed by atoms with Gasteiger partial charge < -0.3 is 29.0 Å². The second kappa shape index (κ2) is 9.26. The molecule has 8 nitrogen and oxygen atoms in total. The molecular weight excluding hydrogens is 450 g/mol. The highest BCUT2D eigenvalue weighted by molar-refractivity contribution is 6.46. The number of ether oxygens (including phenoxy) is 4. The minimum absolute atomic E-state index is 0.0474. The number of ketones is 1. The van der Waals surface area contributed by atoms with E-state index in [1.165, 1.54) is 12.0 Å². The van der Waals surface area contributed by atoms with Gasteiger partial charge >= 0.3 is 0 Å². The van der Waals surface area contributed by atoms with Crippen LogP contribution in [0.25, 0.3) is 5.76 Å². The first-order chi connectivity index (χ1) is 16.9. The van der Waals surface area contributed by atoms with Crippen molar-refractivity contribution in [1.29, 1.82) is 0 Å². The Kier molecular flexibility index (Phi) is 6.15. The summed E-state index contributed by atoms with van der Waals surface area (Å²) in [5, 5.41) is 11.4. The molecule has 3 aliphatic rings. The fraction of sp³-hybridized carbons (Fsp3) is 0.407. The zero-order valence-electron chi connectivity index (χ0n) is 20.1. The second-order valence-corrected chi connectivity index (χ2v) is 9.16. The molecule has 35 heavy (non-hydrogen) atoms. The average molecular weight is 480 g/mol. The van der Waals surface area contributed by atoms with Gasteiger partial charge in [-0.15, -0.1) is 0 Å². The largest absolute Gasteiger partial charge is 0.507 e. The first-order valence-corrected chi connectivity index (χ1v) is 11.8. The number of benzene rings is 2. The van der Waals surface area contributed by atoms with Gasteiger partial charge in [0.15, 0.2) is 11.5 Å². The maximum absolute atomic E-state index is 13.3. The minimum atomic E-state index is -0.789. The van der Waals surface area contributed by atoms with Crippen molar-refractivity contribution in [2.75, 3.05) is 27.4 Å². The number of aliphatic hydroxyl groups is 1. The molecule has 1 N–H and O–H groups in total. The minimum Gasteiger partial charge on any atom is -0.507 e. The summed E-state index contributed by atoms with van der Waals surface area (Å²) < 4.78 is 22.4. The average Bonchev–Trinajstić information content (AvgIpc) is 3.57. The summed E-state index contributed by atoms with van der Waals surface area (Å²) in [4.78, 5) is 28.1. The maximum atomic E-state index is 13.3.